The first-order valence-corrected chi connectivity index (χ1v) is 4.96. The van der Waals surface area contributed by atoms with Crippen LogP contribution in [0.1, 0.15) is 5.56 Å². The molecule has 0 aromatic heterocycles. The van der Waals surface area contributed by atoms with E-state index in [2.05, 4.69) is 5.32 Å². The van der Waals surface area contributed by atoms with Gasteiger partial charge in [0.25, 0.3) is 0 Å². The molecule has 0 amide bonds. The number of halogens is 1. The number of benzene rings is 1. The molecule has 0 unspecified atom stereocenters. The van der Waals surface area contributed by atoms with Crippen LogP contribution in [0.2, 0.25) is 0 Å². The van der Waals surface area contributed by atoms with Crippen LogP contribution in [0.3, 0.4) is 0 Å². The summed E-state index contributed by atoms with van der Waals surface area (Å²) in [7, 11) is 0. The molecule has 3 nitrogen and oxygen atoms in total. The summed E-state index contributed by atoms with van der Waals surface area (Å²) >= 11 is 0. The number of hydrogen-bond donors (Lipinski definition) is 3. The van der Waals surface area contributed by atoms with Crippen molar-refractivity contribution in [3.05, 3.63) is 35.6 Å². The fourth-order valence-corrected chi connectivity index (χ4v) is 1.22. The van der Waals surface area contributed by atoms with Gasteiger partial charge in [0.05, 0.1) is 12.7 Å². The molecule has 0 aliphatic carbocycles. The molecule has 0 bridgehead atoms. The highest BCUT2D eigenvalue weighted by molar-refractivity contribution is 5.16. The lowest BCUT2D eigenvalue weighted by molar-refractivity contribution is 0.0947. The van der Waals surface area contributed by atoms with Gasteiger partial charge in [-0.25, -0.2) is 4.39 Å². The van der Waals surface area contributed by atoms with Crippen LogP contribution in [0, 0.1) is 5.82 Å². The zero-order chi connectivity index (χ0) is 11.1. The topological polar surface area (TPSA) is 52.5 Å². The number of hydrogen-bond acceptors (Lipinski definition) is 3. The van der Waals surface area contributed by atoms with Crippen LogP contribution in [0.25, 0.3) is 0 Å². The van der Waals surface area contributed by atoms with Gasteiger partial charge in [-0.15, -0.1) is 0 Å². The first kappa shape index (κ1) is 12.1. The summed E-state index contributed by atoms with van der Waals surface area (Å²) in [6.07, 6.45) is 0.0662. The van der Waals surface area contributed by atoms with Crippen molar-refractivity contribution >= 4 is 0 Å². The minimum absolute atomic E-state index is 0.233. The Kier molecular flexibility index (Phi) is 5.25. The van der Waals surface area contributed by atoms with Gasteiger partial charge in [0.1, 0.15) is 5.82 Å². The lowest BCUT2D eigenvalue weighted by Gasteiger charge is -2.08. The summed E-state index contributed by atoms with van der Waals surface area (Å²) in [5, 5.41) is 20.6. The van der Waals surface area contributed by atoms with Crippen molar-refractivity contribution in [3.8, 4) is 0 Å². The van der Waals surface area contributed by atoms with Gasteiger partial charge in [-0.3, -0.25) is 0 Å². The van der Waals surface area contributed by atoms with Crippen molar-refractivity contribution in [3.63, 3.8) is 0 Å². The quantitative estimate of drug-likeness (QED) is 0.596. The second-order valence-corrected chi connectivity index (χ2v) is 3.42. The molecule has 1 aromatic rings. The second kappa shape index (κ2) is 6.50. The van der Waals surface area contributed by atoms with Crippen LogP contribution in [-0.4, -0.2) is 36.0 Å². The van der Waals surface area contributed by atoms with Gasteiger partial charge in [0.15, 0.2) is 0 Å². The first-order valence-electron chi connectivity index (χ1n) is 4.96. The maximum atomic E-state index is 12.6. The van der Waals surface area contributed by atoms with E-state index in [1.165, 1.54) is 12.1 Å². The third kappa shape index (κ3) is 4.88. The second-order valence-electron chi connectivity index (χ2n) is 3.42. The van der Waals surface area contributed by atoms with E-state index in [0.717, 1.165) is 12.0 Å². The van der Waals surface area contributed by atoms with Crippen molar-refractivity contribution in [2.75, 3.05) is 19.7 Å². The molecule has 84 valence electrons. The van der Waals surface area contributed by atoms with Crippen LogP contribution < -0.4 is 5.32 Å². The highest BCUT2D eigenvalue weighted by Crippen LogP contribution is 2.02. The van der Waals surface area contributed by atoms with Crippen molar-refractivity contribution in [1.29, 1.82) is 0 Å². The molecule has 0 heterocycles. The van der Waals surface area contributed by atoms with Crippen LogP contribution in [-0.2, 0) is 6.42 Å². The normalized spacial score (nSPS) is 12.7. The van der Waals surface area contributed by atoms with Crippen molar-refractivity contribution < 1.29 is 14.6 Å². The Morgan fingerprint density at radius 1 is 1.27 bits per heavy atom. The summed E-state index contributed by atoms with van der Waals surface area (Å²) in [6, 6.07) is 6.33. The molecule has 15 heavy (non-hydrogen) atoms. The minimum atomic E-state index is -0.710. The van der Waals surface area contributed by atoms with Crippen molar-refractivity contribution in [2.24, 2.45) is 0 Å². The SMILES string of the molecule is OC[C@@H](O)CNCCc1ccc(F)cc1. The molecule has 0 aliphatic heterocycles. The molecule has 3 N–H and O–H groups in total. The van der Waals surface area contributed by atoms with Gasteiger partial charge >= 0.3 is 0 Å². The molecule has 0 spiro atoms. The summed E-state index contributed by atoms with van der Waals surface area (Å²) in [5.74, 6) is -0.234. The van der Waals surface area contributed by atoms with Gasteiger partial charge in [0, 0.05) is 6.54 Å². The third-order valence-corrected chi connectivity index (χ3v) is 2.09. The van der Waals surface area contributed by atoms with Crippen LogP contribution in [0.15, 0.2) is 24.3 Å². The number of aliphatic hydroxyl groups excluding tert-OH is 2. The lowest BCUT2D eigenvalue weighted by atomic mass is 10.1. The number of nitrogens with one attached hydrogen (secondary N) is 1. The Labute approximate surface area is 88.6 Å². The molecule has 0 saturated heterocycles. The Balaban J connectivity index is 2.17. The summed E-state index contributed by atoms with van der Waals surface area (Å²) in [6.45, 7) is 0.837. The standard InChI is InChI=1S/C11H16FNO2/c12-10-3-1-9(2-4-10)5-6-13-7-11(15)8-14/h1-4,11,13-15H,5-8H2/t11-/m0/s1. The molecule has 0 radical (unpaired) electrons. The average Bonchev–Trinajstić information content (AvgIpc) is 2.26. The first-order chi connectivity index (χ1) is 7.22. The molecule has 1 rings (SSSR count). The predicted molar refractivity (Wildman–Crippen MR) is 56.1 cm³/mol. The van der Waals surface area contributed by atoms with Crippen LogP contribution in [0.5, 0.6) is 0 Å². The van der Waals surface area contributed by atoms with E-state index in [-0.39, 0.29) is 12.4 Å². The van der Waals surface area contributed by atoms with E-state index in [4.69, 9.17) is 10.2 Å². The van der Waals surface area contributed by atoms with Gasteiger partial charge in [0.2, 0.25) is 0 Å². The number of rotatable bonds is 6. The van der Waals surface area contributed by atoms with Crippen molar-refractivity contribution in [2.45, 2.75) is 12.5 Å². The maximum absolute atomic E-state index is 12.6. The maximum Gasteiger partial charge on any atom is 0.123 e. The lowest BCUT2D eigenvalue weighted by Crippen LogP contribution is -2.30. The molecular formula is C11H16FNO2. The van der Waals surface area contributed by atoms with Gasteiger partial charge < -0.3 is 15.5 Å². The average molecular weight is 213 g/mol. The highest BCUT2D eigenvalue weighted by atomic mass is 19.1. The van der Waals surface area contributed by atoms with E-state index in [9.17, 15) is 4.39 Å². The smallest absolute Gasteiger partial charge is 0.123 e. The zero-order valence-electron chi connectivity index (χ0n) is 8.49. The van der Waals surface area contributed by atoms with Crippen LogP contribution >= 0.6 is 0 Å². The van der Waals surface area contributed by atoms with Crippen LogP contribution in [0.4, 0.5) is 4.39 Å². The Hall–Kier alpha value is -0.970. The van der Waals surface area contributed by atoms with Gasteiger partial charge in [-0.2, -0.15) is 0 Å². The largest absolute Gasteiger partial charge is 0.394 e. The summed E-state index contributed by atoms with van der Waals surface area (Å²) in [4.78, 5) is 0. The molecule has 0 aliphatic rings. The Bertz CT molecular complexity index is 276. The van der Waals surface area contributed by atoms with E-state index in [1.807, 2.05) is 0 Å². The van der Waals surface area contributed by atoms with E-state index >= 15 is 0 Å². The molecular weight excluding hydrogens is 197 g/mol. The molecule has 0 fully saturated rings. The van der Waals surface area contributed by atoms with Gasteiger partial charge in [-0.1, -0.05) is 12.1 Å². The highest BCUT2D eigenvalue weighted by Gasteiger charge is 2.00. The van der Waals surface area contributed by atoms with E-state index < -0.39 is 6.10 Å². The summed E-state index contributed by atoms with van der Waals surface area (Å²) in [5.41, 5.74) is 1.04. The fourth-order valence-electron chi connectivity index (χ4n) is 1.22. The van der Waals surface area contributed by atoms with Crippen molar-refractivity contribution in [1.82, 2.24) is 5.32 Å². The Morgan fingerprint density at radius 2 is 1.93 bits per heavy atom. The molecule has 4 heteroatoms. The number of aliphatic hydroxyl groups is 2. The molecule has 1 aromatic carbocycles. The predicted octanol–water partition coefficient (Wildman–Crippen LogP) is 0.311. The third-order valence-electron chi connectivity index (χ3n) is 2.09. The monoisotopic (exact) mass is 213 g/mol. The fraction of sp³-hybridized carbons (Fsp3) is 0.455. The zero-order valence-corrected chi connectivity index (χ0v) is 8.49. The molecule has 1 atom stereocenters. The van der Waals surface area contributed by atoms with E-state index in [0.29, 0.717) is 13.1 Å². The Morgan fingerprint density at radius 3 is 2.53 bits per heavy atom. The summed E-state index contributed by atoms with van der Waals surface area (Å²) < 4.78 is 12.6. The van der Waals surface area contributed by atoms with E-state index in [1.54, 1.807) is 12.1 Å². The van der Waals surface area contributed by atoms with Gasteiger partial charge in [-0.05, 0) is 30.7 Å². The minimum Gasteiger partial charge on any atom is -0.394 e. The molecule has 0 saturated carbocycles.